The molecule has 1 aromatic heterocycles. The molecule has 1 N–H and O–H groups in total. The third kappa shape index (κ3) is 4.65. The number of carboxylic acids is 1. The first-order valence-electron chi connectivity index (χ1n) is 13.3. The van der Waals surface area contributed by atoms with Gasteiger partial charge in [-0.05, 0) is 90.8 Å². The summed E-state index contributed by atoms with van der Waals surface area (Å²) < 4.78 is 27.3. The van der Waals surface area contributed by atoms with Crippen LogP contribution in [0.25, 0.3) is 22.3 Å². The van der Waals surface area contributed by atoms with Crippen LogP contribution in [0, 0.1) is 26.6 Å². The fourth-order valence-corrected chi connectivity index (χ4v) is 6.17. The summed E-state index contributed by atoms with van der Waals surface area (Å²) in [4.78, 5) is 15.5. The highest BCUT2D eigenvalue weighted by atomic mass is 19.1. The summed E-state index contributed by atoms with van der Waals surface area (Å²) in [7, 11) is 0. The average molecular weight is 524 g/mol. The third-order valence-electron chi connectivity index (χ3n) is 7.86. The smallest absolute Gasteiger partial charge is 0.304 e. The summed E-state index contributed by atoms with van der Waals surface area (Å²) >= 11 is 0. The van der Waals surface area contributed by atoms with Crippen LogP contribution in [0.5, 0.6) is 11.5 Å². The first-order chi connectivity index (χ1) is 18.8. The lowest BCUT2D eigenvalue weighted by Gasteiger charge is -2.19. The average Bonchev–Trinajstić information content (AvgIpc) is 3.49. The van der Waals surface area contributed by atoms with Gasteiger partial charge in [0, 0.05) is 41.1 Å². The van der Waals surface area contributed by atoms with Crippen molar-refractivity contribution in [3.05, 3.63) is 100 Å². The number of carbonyl (C=O) groups is 1. The van der Waals surface area contributed by atoms with Gasteiger partial charge in [0.05, 0.1) is 13.0 Å². The Labute approximate surface area is 227 Å². The molecule has 1 unspecified atom stereocenters. The number of hydrogen-bond acceptors (Lipinski definition) is 4. The molecule has 0 amide bonds. The molecule has 6 heteroatoms. The van der Waals surface area contributed by atoms with E-state index in [4.69, 9.17) is 14.6 Å². The number of aromatic nitrogens is 1. The largest absolute Gasteiger partial charge is 0.492 e. The van der Waals surface area contributed by atoms with E-state index in [-0.39, 0.29) is 18.2 Å². The van der Waals surface area contributed by atoms with Crippen LogP contribution in [0.2, 0.25) is 0 Å². The molecule has 2 atom stereocenters. The van der Waals surface area contributed by atoms with Crippen LogP contribution >= 0.6 is 0 Å². The maximum absolute atomic E-state index is 15.3. The van der Waals surface area contributed by atoms with E-state index in [1.54, 1.807) is 12.1 Å². The Hall–Kier alpha value is -4.19. The molecule has 6 rings (SSSR count). The highest BCUT2D eigenvalue weighted by Gasteiger charge is 2.32. The van der Waals surface area contributed by atoms with Gasteiger partial charge < -0.3 is 14.6 Å². The fourth-order valence-electron chi connectivity index (χ4n) is 6.17. The lowest BCUT2D eigenvalue weighted by Crippen LogP contribution is -2.07. The van der Waals surface area contributed by atoms with Crippen LogP contribution in [-0.2, 0) is 11.2 Å². The van der Waals surface area contributed by atoms with Crippen molar-refractivity contribution in [2.75, 3.05) is 6.61 Å². The van der Waals surface area contributed by atoms with Gasteiger partial charge in [-0.3, -0.25) is 9.78 Å². The molecule has 39 heavy (non-hydrogen) atoms. The molecule has 0 bridgehead atoms. The van der Waals surface area contributed by atoms with Crippen molar-refractivity contribution in [1.82, 2.24) is 4.98 Å². The SMILES string of the molecule is Cc1cncc(-c2cc(C)c(-c3ccc(F)c4c3CC[C@H]4Oc3ccc4c(c3)OCC4CC(=O)O)c(C)c2)c1. The van der Waals surface area contributed by atoms with E-state index in [2.05, 4.69) is 37.0 Å². The molecule has 198 valence electrons. The van der Waals surface area contributed by atoms with Crippen LogP contribution in [0.3, 0.4) is 0 Å². The summed E-state index contributed by atoms with van der Waals surface area (Å²) in [6.07, 6.45) is 4.75. The van der Waals surface area contributed by atoms with E-state index in [0.717, 1.165) is 56.5 Å². The second kappa shape index (κ2) is 9.84. The number of aliphatic carboxylic acids is 1. The van der Waals surface area contributed by atoms with Gasteiger partial charge in [-0.25, -0.2) is 4.39 Å². The van der Waals surface area contributed by atoms with Crippen LogP contribution in [0.4, 0.5) is 4.39 Å². The van der Waals surface area contributed by atoms with Crippen molar-refractivity contribution in [3.8, 4) is 33.8 Å². The van der Waals surface area contributed by atoms with Crippen molar-refractivity contribution in [2.45, 2.75) is 52.1 Å². The zero-order valence-electron chi connectivity index (χ0n) is 22.3. The molecule has 0 saturated heterocycles. The molecule has 0 saturated carbocycles. The van der Waals surface area contributed by atoms with Crippen molar-refractivity contribution in [1.29, 1.82) is 0 Å². The Morgan fingerprint density at radius 2 is 1.85 bits per heavy atom. The molecule has 2 aliphatic rings. The van der Waals surface area contributed by atoms with Crippen LogP contribution < -0.4 is 9.47 Å². The van der Waals surface area contributed by atoms with E-state index in [1.165, 1.54) is 0 Å². The molecule has 5 nitrogen and oxygen atoms in total. The highest BCUT2D eigenvalue weighted by Crippen LogP contribution is 2.45. The molecule has 1 aliphatic carbocycles. The Kier molecular flexibility index (Phi) is 6.34. The number of fused-ring (bicyclic) bond motifs is 2. The van der Waals surface area contributed by atoms with E-state index >= 15 is 4.39 Å². The van der Waals surface area contributed by atoms with Crippen molar-refractivity contribution < 1.29 is 23.8 Å². The standard InChI is InChI=1S/C33H30FNO4/c1-18-10-22(16-35-15-18)21-11-19(2)32(20(3)12-21)26-6-8-28(34)33-27(26)7-9-29(33)39-24-4-5-25-23(13-31(36)37)17-38-30(25)14-24/h4-6,8,10-12,14-16,23,29H,7,9,13,17H2,1-3H3,(H,36,37)/t23?,29-/m1/s1. The second-order valence-corrected chi connectivity index (χ2v) is 10.7. The lowest BCUT2D eigenvalue weighted by atomic mass is 9.88. The summed E-state index contributed by atoms with van der Waals surface area (Å²) in [5.74, 6) is -0.0400. The maximum Gasteiger partial charge on any atom is 0.304 e. The number of carboxylic acid groups (broad SMARTS) is 1. The molecule has 0 radical (unpaired) electrons. The highest BCUT2D eigenvalue weighted by molar-refractivity contribution is 5.79. The van der Waals surface area contributed by atoms with Gasteiger partial charge in [-0.15, -0.1) is 0 Å². The summed E-state index contributed by atoms with van der Waals surface area (Å²) in [6, 6.07) is 15.4. The molecule has 3 aromatic carbocycles. The zero-order chi connectivity index (χ0) is 27.3. The van der Waals surface area contributed by atoms with Gasteiger partial charge in [-0.1, -0.05) is 24.3 Å². The lowest BCUT2D eigenvalue weighted by molar-refractivity contribution is -0.137. The molecule has 1 aliphatic heterocycles. The molecule has 0 fully saturated rings. The van der Waals surface area contributed by atoms with Crippen LogP contribution in [0.15, 0.2) is 60.9 Å². The van der Waals surface area contributed by atoms with Gasteiger partial charge in [0.1, 0.15) is 23.4 Å². The Morgan fingerprint density at radius 3 is 2.59 bits per heavy atom. The number of aryl methyl sites for hydroxylation is 3. The molecule has 2 heterocycles. The second-order valence-electron chi connectivity index (χ2n) is 10.7. The molecule has 4 aromatic rings. The minimum atomic E-state index is -0.849. The van der Waals surface area contributed by atoms with E-state index in [9.17, 15) is 4.79 Å². The van der Waals surface area contributed by atoms with Crippen molar-refractivity contribution in [3.63, 3.8) is 0 Å². The van der Waals surface area contributed by atoms with E-state index in [1.807, 2.05) is 37.5 Å². The van der Waals surface area contributed by atoms with E-state index < -0.39 is 12.1 Å². The molecular weight excluding hydrogens is 493 g/mol. The Morgan fingerprint density at radius 1 is 1.05 bits per heavy atom. The topological polar surface area (TPSA) is 68.7 Å². The summed E-state index contributed by atoms with van der Waals surface area (Å²) in [5, 5.41) is 9.16. The fraction of sp³-hybridized carbons (Fsp3) is 0.273. The minimum absolute atomic E-state index is 0.0267. The molecular formula is C33H30FNO4. The van der Waals surface area contributed by atoms with Gasteiger partial charge in [-0.2, -0.15) is 0 Å². The summed E-state index contributed by atoms with van der Waals surface area (Å²) in [6.45, 7) is 6.59. The number of hydrogen-bond donors (Lipinski definition) is 1. The Bertz CT molecular complexity index is 1590. The predicted octanol–water partition coefficient (Wildman–Crippen LogP) is 7.50. The number of halogens is 1. The zero-order valence-corrected chi connectivity index (χ0v) is 22.3. The molecule has 0 spiro atoms. The number of ether oxygens (including phenoxy) is 2. The monoisotopic (exact) mass is 523 g/mol. The number of nitrogens with zero attached hydrogens (tertiary/aromatic N) is 1. The van der Waals surface area contributed by atoms with Crippen LogP contribution in [0.1, 0.15) is 58.2 Å². The summed E-state index contributed by atoms with van der Waals surface area (Å²) in [5.41, 5.74) is 10.3. The first kappa shape index (κ1) is 25.1. The van der Waals surface area contributed by atoms with Gasteiger partial charge in [0.2, 0.25) is 0 Å². The first-order valence-corrected chi connectivity index (χ1v) is 13.3. The predicted molar refractivity (Wildman–Crippen MR) is 148 cm³/mol. The normalized spacial score (nSPS) is 17.4. The van der Waals surface area contributed by atoms with Crippen LogP contribution in [-0.4, -0.2) is 22.7 Å². The van der Waals surface area contributed by atoms with Gasteiger partial charge >= 0.3 is 5.97 Å². The minimum Gasteiger partial charge on any atom is -0.492 e. The number of pyridine rings is 1. The quantitative estimate of drug-likeness (QED) is 0.283. The van der Waals surface area contributed by atoms with E-state index in [0.29, 0.717) is 30.1 Å². The van der Waals surface area contributed by atoms with Gasteiger partial charge in [0.15, 0.2) is 0 Å². The van der Waals surface area contributed by atoms with Crippen molar-refractivity contribution >= 4 is 5.97 Å². The number of benzene rings is 3. The maximum atomic E-state index is 15.3. The van der Waals surface area contributed by atoms with Crippen molar-refractivity contribution in [2.24, 2.45) is 0 Å². The Balaban J connectivity index is 1.31. The number of rotatable bonds is 6. The van der Waals surface area contributed by atoms with Gasteiger partial charge in [0.25, 0.3) is 0 Å². The third-order valence-corrected chi connectivity index (χ3v) is 7.86.